The fourth-order valence-electron chi connectivity index (χ4n) is 0.670. The van der Waals surface area contributed by atoms with E-state index in [0.29, 0.717) is 16.3 Å². The van der Waals surface area contributed by atoms with E-state index >= 15 is 0 Å². The smallest absolute Gasteiger partial charge is 0.131 e. The first kappa shape index (κ1) is 8.24. The van der Waals surface area contributed by atoms with Crippen molar-refractivity contribution in [1.82, 2.24) is 0 Å². The molecule has 0 aliphatic rings. The minimum Gasteiger partial charge on any atom is -0.395 e. The molecule has 3 nitrogen and oxygen atoms in total. The largest absolute Gasteiger partial charge is 0.395 e. The van der Waals surface area contributed by atoms with Gasteiger partial charge in [0, 0.05) is 0 Å². The van der Waals surface area contributed by atoms with Crippen LogP contribution in [0.25, 0.3) is 0 Å². The van der Waals surface area contributed by atoms with Crippen LogP contribution in [0, 0.1) is 11.3 Å². The Morgan fingerprint density at radius 1 is 1.45 bits per heavy atom. The van der Waals surface area contributed by atoms with Gasteiger partial charge in [-0.05, 0) is 6.26 Å². The van der Waals surface area contributed by atoms with E-state index in [0.717, 1.165) is 4.21 Å². The molecule has 0 aliphatic carbocycles. The van der Waals surface area contributed by atoms with Crippen LogP contribution in [-0.2, 0) is 0 Å². The summed E-state index contributed by atoms with van der Waals surface area (Å²) in [5, 5.41) is 8.57. The van der Waals surface area contributed by atoms with Crippen molar-refractivity contribution >= 4 is 34.5 Å². The number of hydrogen-bond acceptors (Lipinski definition) is 5. The van der Waals surface area contributed by atoms with Gasteiger partial charge in [-0.3, -0.25) is 0 Å². The Balaban J connectivity index is 3.26. The van der Waals surface area contributed by atoms with Gasteiger partial charge in [-0.1, -0.05) is 0 Å². The number of hydrogen-bond donors (Lipinski definition) is 2. The zero-order chi connectivity index (χ0) is 8.43. The van der Waals surface area contributed by atoms with Crippen molar-refractivity contribution in [1.29, 1.82) is 5.26 Å². The lowest BCUT2D eigenvalue weighted by Crippen LogP contribution is -1.91. The quantitative estimate of drug-likeness (QED) is 0.650. The summed E-state index contributed by atoms with van der Waals surface area (Å²) in [6.45, 7) is 0. The van der Waals surface area contributed by atoms with E-state index in [4.69, 9.17) is 16.7 Å². The predicted molar refractivity (Wildman–Crippen MR) is 49.6 cm³/mol. The van der Waals surface area contributed by atoms with Gasteiger partial charge in [0.2, 0.25) is 0 Å². The highest BCUT2D eigenvalue weighted by molar-refractivity contribution is 8.00. The normalized spacial score (nSPS) is 9.45. The van der Waals surface area contributed by atoms with Gasteiger partial charge in [-0.25, -0.2) is 0 Å². The Kier molecular flexibility index (Phi) is 2.27. The Bertz CT molecular complexity index is 310. The fourth-order valence-corrected chi connectivity index (χ4v) is 2.25. The number of rotatable bonds is 1. The van der Waals surface area contributed by atoms with Gasteiger partial charge in [-0.2, -0.15) is 5.26 Å². The van der Waals surface area contributed by atoms with Gasteiger partial charge in [-0.15, -0.1) is 23.1 Å². The van der Waals surface area contributed by atoms with Crippen molar-refractivity contribution < 1.29 is 0 Å². The van der Waals surface area contributed by atoms with Gasteiger partial charge in [0.1, 0.15) is 10.9 Å². The second-order valence-corrected chi connectivity index (χ2v) is 3.96. The van der Waals surface area contributed by atoms with E-state index in [1.54, 1.807) is 0 Å². The van der Waals surface area contributed by atoms with Crippen LogP contribution in [0.3, 0.4) is 0 Å². The molecular formula is C6H7N3S2. The lowest BCUT2D eigenvalue weighted by molar-refractivity contribution is 1.52. The molecule has 1 heterocycles. The third-order valence-electron chi connectivity index (χ3n) is 1.24. The number of thioether (sulfide) groups is 1. The van der Waals surface area contributed by atoms with Crippen molar-refractivity contribution in [2.75, 3.05) is 17.7 Å². The summed E-state index contributed by atoms with van der Waals surface area (Å²) in [6, 6.07) is 1.99. The molecule has 0 saturated heterocycles. The maximum absolute atomic E-state index is 8.57. The molecule has 0 spiro atoms. The Hall–Kier alpha value is -0.860. The van der Waals surface area contributed by atoms with Crippen LogP contribution in [0.4, 0.5) is 11.4 Å². The molecule has 0 bridgehead atoms. The van der Waals surface area contributed by atoms with Crippen LogP contribution in [0.5, 0.6) is 0 Å². The van der Waals surface area contributed by atoms with E-state index in [-0.39, 0.29) is 0 Å². The zero-order valence-electron chi connectivity index (χ0n) is 5.92. The molecule has 1 rings (SSSR count). The SMILES string of the molecule is CSc1sc(C#N)c(N)c1N. The van der Waals surface area contributed by atoms with Crippen molar-refractivity contribution in [2.24, 2.45) is 0 Å². The molecule has 0 saturated carbocycles. The van der Waals surface area contributed by atoms with Gasteiger partial charge in [0.25, 0.3) is 0 Å². The van der Waals surface area contributed by atoms with E-state index in [1.165, 1.54) is 23.1 Å². The molecule has 0 amide bonds. The molecule has 1 aromatic heterocycles. The summed E-state index contributed by atoms with van der Waals surface area (Å²) in [6.07, 6.45) is 1.91. The highest BCUT2D eigenvalue weighted by atomic mass is 32.2. The first-order valence-corrected chi connectivity index (χ1v) is 4.86. The van der Waals surface area contributed by atoms with Crippen molar-refractivity contribution in [3.8, 4) is 6.07 Å². The lowest BCUT2D eigenvalue weighted by atomic mass is 10.4. The molecule has 0 atom stereocenters. The average Bonchev–Trinajstić information content (AvgIpc) is 2.30. The highest BCUT2D eigenvalue weighted by Gasteiger charge is 2.11. The Morgan fingerprint density at radius 2 is 2.09 bits per heavy atom. The third-order valence-corrected chi connectivity index (χ3v) is 3.50. The number of nitrogen functional groups attached to an aromatic ring is 2. The Labute approximate surface area is 73.0 Å². The zero-order valence-corrected chi connectivity index (χ0v) is 7.55. The monoisotopic (exact) mass is 185 g/mol. The van der Waals surface area contributed by atoms with Gasteiger partial charge in [0.05, 0.1) is 15.6 Å². The molecule has 0 fully saturated rings. The number of nitriles is 1. The highest BCUT2D eigenvalue weighted by Crippen LogP contribution is 2.38. The van der Waals surface area contributed by atoms with E-state index in [9.17, 15) is 0 Å². The summed E-state index contributed by atoms with van der Waals surface area (Å²) >= 11 is 2.85. The minimum atomic E-state index is 0.418. The Morgan fingerprint density at radius 3 is 2.36 bits per heavy atom. The standard InChI is InChI=1S/C6H7N3S2/c1-10-6-5(9)4(8)3(2-7)11-6/h8-9H2,1H3. The maximum atomic E-state index is 8.57. The summed E-state index contributed by atoms with van der Waals surface area (Å²) in [7, 11) is 0. The summed E-state index contributed by atoms with van der Waals surface area (Å²) in [5.41, 5.74) is 12.1. The average molecular weight is 185 g/mol. The maximum Gasteiger partial charge on any atom is 0.131 e. The number of nitrogens with zero attached hydrogens (tertiary/aromatic N) is 1. The lowest BCUT2D eigenvalue weighted by Gasteiger charge is -1.91. The second-order valence-electron chi connectivity index (χ2n) is 1.86. The minimum absolute atomic E-state index is 0.418. The van der Waals surface area contributed by atoms with Crippen LogP contribution in [-0.4, -0.2) is 6.26 Å². The molecule has 1 aromatic rings. The molecule has 4 N–H and O–H groups in total. The first-order valence-electron chi connectivity index (χ1n) is 2.82. The summed E-state index contributed by atoms with van der Waals surface area (Å²) in [5.74, 6) is 0. The second kappa shape index (κ2) is 3.03. The van der Waals surface area contributed by atoms with Crippen molar-refractivity contribution in [3.63, 3.8) is 0 Å². The van der Waals surface area contributed by atoms with Crippen LogP contribution in [0.2, 0.25) is 0 Å². The molecule has 58 valence electrons. The van der Waals surface area contributed by atoms with Gasteiger partial charge in [0.15, 0.2) is 0 Å². The first-order chi connectivity index (χ1) is 5.20. The fraction of sp³-hybridized carbons (Fsp3) is 0.167. The molecule has 0 aliphatic heterocycles. The van der Waals surface area contributed by atoms with E-state index < -0.39 is 0 Å². The van der Waals surface area contributed by atoms with Crippen LogP contribution < -0.4 is 11.5 Å². The molecule has 5 heteroatoms. The number of thiophene rings is 1. The summed E-state index contributed by atoms with van der Waals surface area (Å²) in [4.78, 5) is 0.506. The number of anilines is 2. The molecule has 0 radical (unpaired) electrons. The molecular weight excluding hydrogens is 178 g/mol. The van der Waals surface area contributed by atoms with Crippen molar-refractivity contribution in [2.45, 2.75) is 4.21 Å². The van der Waals surface area contributed by atoms with Gasteiger partial charge >= 0.3 is 0 Å². The van der Waals surface area contributed by atoms with Crippen LogP contribution >= 0.6 is 23.1 Å². The predicted octanol–water partition coefficient (Wildman–Crippen LogP) is 1.51. The van der Waals surface area contributed by atoms with E-state index in [1.807, 2.05) is 12.3 Å². The van der Waals surface area contributed by atoms with Crippen molar-refractivity contribution in [3.05, 3.63) is 4.88 Å². The molecule has 0 unspecified atom stereocenters. The van der Waals surface area contributed by atoms with E-state index in [2.05, 4.69) is 0 Å². The molecule has 11 heavy (non-hydrogen) atoms. The summed E-state index contributed by atoms with van der Waals surface area (Å²) < 4.78 is 0.916. The van der Waals surface area contributed by atoms with Crippen LogP contribution in [0.1, 0.15) is 4.88 Å². The molecule has 0 aromatic carbocycles. The topological polar surface area (TPSA) is 75.8 Å². The third kappa shape index (κ3) is 1.27. The van der Waals surface area contributed by atoms with Gasteiger partial charge < -0.3 is 11.5 Å². The number of nitrogens with two attached hydrogens (primary N) is 2. The van der Waals surface area contributed by atoms with Crippen LogP contribution in [0.15, 0.2) is 4.21 Å².